The summed E-state index contributed by atoms with van der Waals surface area (Å²) in [5, 5.41) is 18.5. The van der Waals surface area contributed by atoms with Gasteiger partial charge in [0.1, 0.15) is 5.82 Å². The Labute approximate surface area is 114 Å². The predicted octanol–water partition coefficient (Wildman–Crippen LogP) is 0.818. The van der Waals surface area contributed by atoms with E-state index in [1.807, 2.05) is 19.1 Å². The van der Waals surface area contributed by atoms with Gasteiger partial charge >= 0.3 is 0 Å². The van der Waals surface area contributed by atoms with E-state index in [0.717, 1.165) is 5.56 Å². The van der Waals surface area contributed by atoms with Crippen molar-refractivity contribution in [1.82, 2.24) is 9.97 Å². The van der Waals surface area contributed by atoms with E-state index >= 15 is 0 Å². The van der Waals surface area contributed by atoms with Crippen molar-refractivity contribution in [2.45, 2.75) is 18.8 Å². The fraction of sp³-hybridized carbons (Fsp3) is 0.385. The molecule has 0 fully saturated rings. The second kappa shape index (κ2) is 6.18. The molecule has 1 aromatic heterocycles. The van der Waals surface area contributed by atoms with E-state index in [1.165, 1.54) is 11.8 Å². The maximum atomic E-state index is 11.9. The van der Waals surface area contributed by atoms with Gasteiger partial charge in [0.25, 0.3) is 5.56 Å². The van der Waals surface area contributed by atoms with Crippen LogP contribution in [-0.4, -0.2) is 38.6 Å². The summed E-state index contributed by atoms with van der Waals surface area (Å²) in [4.78, 5) is 19.1. The number of aliphatic hydroxyl groups excluding tert-OH is 2. The third-order valence-electron chi connectivity index (χ3n) is 2.75. The molecule has 5 nitrogen and oxygen atoms in total. The third-order valence-corrected chi connectivity index (χ3v) is 3.84. The molecule has 0 amide bonds. The Morgan fingerprint density at radius 1 is 1.47 bits per heavy atom. The van der Waals surface area contributed by atoms with Crippen LogP contribution in [0.25, 0.3) is 10.9 Å². The van der Waals surface area contributed by atoms with Crippen LogP contribution in [0.1, 0.15) is 11.4 Å². The smallest absolute Gasteiger partial charge is 0.258 e. The minimum Gasteiger partial charge on any atom is -0.394 e. The zero-order valence-corrected chi connectivity index (χ0v) is 11.4. The molecule has 0 saturated carbocycles. The highest BCUT2D eigenvalue weighted by molar-refractivity contribution is 7.98. The van der Waals surface area contributed by atoms with Gasteiger partial charge in [0.15, 0.2) is 0 Å². The first-order valence-corrected chi connectivity index (χ1v) is 7.12. The molecule has 0 aliphatic rings. The lowest BCUT2D eigenvalue weighted by molar-refractivity contribution is 0.113. The van der Waals surface area contributed by atoms with Gasteiger partial charge in [-0.05, 0) is 18.6 Å². The van der Waals surface area contributed by atoms with Gasteiger partial charge in [0, 0.05) is 5.75 Å². The fourth-order valence-corrected chi connectivity index (χ4v) is 2.59. The molecular weight excluding hydrogens is 264 g/mol. The topological polar surface area (TPSA) is 86.2 Å². The van der Waals surface area contributed by atoms with Gasteiger partial charge in [-0.25, -0.2) is 4.98 Å². The number of nitrogens with one attached hydrogen (secondary N) is 1. The molecule has 6 heteroatoms. The molecule has 0 aliphatic heterocycles. The lowest BCUT2D eigenvalue weighted by Crippen LogP contribution is -2.16. The van der Waals surface area contributed by atoms with E-state index in [4.69, 9.17) is 5.11 Å². The Bertz CT molecular complexity index is 627. The Morgan fingerprint density at radius 3 is 3.00 bits per heavy atom. The van der Waals surface area contributed by atoms with Crippen LogP contribution in [-0.2, 0) is 5.75 Å². The number of benzene rings is 1. The van der Waals surface area contributed by atoms with E-state index in [0.29, 0.717) is 28.2 Å². The molecule has 2 aromatic rings. The first kappa shape index (κ1) is 14.0. The number of rotatable bonds is 5. The highest BCUT2D eigenvalue weighted by Crippen LogP contribution is 2.14. The van der Waals surface area contributed by atoms with Gasteiger partial charge in [0.2, 0.25) is 0 Å². The van der Waals surface area contributed by atoms with Crippen LogP contribution in [0.15, 0.2) is 23.0 Å². The largest absolute Gasteiger partial charge is 0.394 e. The average Bonchev–Trinajstić information content (AvgIpc) is 2.40. The molecule has 0 radical (unpaired) electrons. The number of aryl methyl sites for hydroxylation is 1. The number of nitrogens with zero attached hydrogens (tertiary/aromatic N) is 1. The standard InChI is InChI=1S/C13H16N2O3S/c1-8-3-2-4-10-12(8)14-11(15-13(10)18)7-19-6-9(17)5-16/h2-4,9,16-17H,5-7H2,1H3,(H,14,15,18). The van der Waals surface area contributed by atoms with Crippen molar-refractivity contribution in [3.63, 3.8) is 0 Å². The van der Waals surface area contributed by atoms with Crippen molar-refractivity contribution in [3.05, 3.63) is 39.9 Å². The summed E-state index contributed by atoms with van der Waals surface area (Å²) in [6, 6.07) is 5.50. The quantitative estimate of drug-likeness (QED) is 0.755. The number of thioether (sulfide) groups is 1. The molecule has 19 heavy (non-hydrogen) atoms. The summed E-state index contributed by atoms with van der Waals surface area (Å²) >= 11 is 1.42. The number of aliphatic hydroxyl groups is 2. The summed E-state index contributed by atoms with van der Waals surface area (Å²) < 4.78 is 0. The molecule has 3 N–H and O–H groups in total. The molecule has 102 valence electrons. The van der Waals surface area contributed by atoms with E-state index in [2.05, 4.69) is 9.97 Å². The van der Waals surface area contributed by atoms with Crippen molar-refractivity contribution < 1.29 is 10.2 Å². The summed E-state index contributed by atoms with van der Waals surface area (Å²) in [6.07, 6.45) is -0.737. The molecule has 1 unspecified atom stereocenters. The van der Waals surface area contributed by atoms with E-state index in [9.17, 15) is 9.90 Å². The number of para-hydroxylation sites is 1. The Balaban J connectivity index is 2.21. The van der Waals surface area contributed by atoms with Gasteiger partial charge in [-0.1, -0.05) is 12.1 Å². The second-order valence-corrected chi connectivity index (χ2v) is 5.37. The summed E-state index contributed by atoms with van der Waals surface area (Å²) in [5.74, 6) is 1.49. The third kappa shape index (κ3) is 3.34. The van der Waals surface area contributed by atoms with Crippen LogP contribution in [0.2, 0.25) is 0 Å². The lowest BCUT2D eigenvalue weighted by atomic mass is 10.1. The molecule has 2 rings (SSSR count). The zero-order chi connectivity index (χ0) is 13.8. The normalized spacial score (nSPS) is 12.8. The van der Waals surface area contributed by atoms with E-state index < -0.39 is 6.10 Å². The fourth-order valence-electron chi connectivity index (χ4n) is 1.76. The predicted molar refractivity (Wildman–Crippen MR) is 76.4 cm³/mol. The Hall–Kier alpha value is -1.37. The maximum Gasteiger partial charge on any atom is 0.258 e. The summed E-state index contributed by atoms with van der Waals surface area (Å²) in [7, 11) is 0. The van der Waals surface area contributed by atoms with Crippen molar-refractivity contribution in [1.29, 1.82) is 0 Å². The van der Waals surface area contributed by atoms with Crippen LogP contribution in [0.3, 0.4) is 0 Å². The molecule has 1 atom stereocenters. The van der Waals surface area contributed by atoms with Gasteiger partial charge in [-0.2, -0.15) is 11.8 Å². The first-order chi connectivity index (χ1) is 9.11. The SMILES string of the molecule is Cc1cccc2c(=O)[nH]c(CSCC(O)CO)nc12. The van der Waals surface area contributed by atoms with Crippen LogP contribution < -0.4 is 5.56 Å². The number of hydrogen-bond donors (Lipinski definition) is 3. The minimum absolute atomic E-state index is 0.146. The molecule has 0 spiro atoms. The molecule has 0 bridgehead atoms. The molecule has 1 aromatic carbocycles. The van der Waals surface area contributed by atoms with Crippen LogP contribution in [0.4, 0.5) is 0 Å². The van der Waals surface area contributed by atoms with Crippen LogP contribution >= 0.6 is 11.8 Å². The number of hydrogen-bond acceptors (Lipinski definition) is 5. The molecule has 0 saturated heterocycles. The number of aromatic nitrogens is 2. The zero-order valence-electron chi connectivity index (χ0n) is 10.6. The monoisotopic (exact) mass is 280 g/mol. The van der Waals surface area contributed by atoms with Crippen molar-refractivity contribution >= 4 is 22.7 Å². The van der Waals surface area contributed by atoms with E-state index in [1.54, 1.807) is 6.07 Å². The number of fused-ring (bicyclic) bond motifs is 1. The summed E-state index contributed by atoms with van der Waals surface area (Å²) in [5.41, 5.74) is 1.53. The first-order valence-electron chi connectivity index (χ1n) is 5.97. The van der Waals surface area contributed by atoms with Crippen molar-refractivity contribution in [3.8, 4) is 0 Å². The van der Waals surface area contributed by atoms with Crippen LogP contribution in [0.5, 0.6) is 0 Å². The Morgan fingerprint density at radius 2 is 2.26 bits per heavy atom. The van der Waals surface area contributed by atoms with Gasteiger partial charge in [-0.15, -0.1) is 0 Å². The average molecular weight is 280 g/mol. The number of aromatic amines is 1. The van der Waals surface area contributed by atoms with Gasteiger partial charge in [-0.3, -0.25) is 4.79 Å². The van der Waals surface area contributed by atoms with Crippen LogP contribution in [0, 0.1) is 6.92 Å². The van der Waals surface area contributed by atoms with Gasteiger partial charge in [0.05, 0.1) is 29.4 Å². The van der Waals surface area contributed by atoms with Crippen molar-refractivity contribution in [2.24, 2.45) is 0 Å². The summed E-state index contributed by atoms with van der Waals surface area (Å²) in [6.45, 7) is 1.66. The Kier molecular flexibility index (Phi) is 4.57. The highest BCUT2D eigenvalue weighted by Gasteiger charge is 2.07. The maximum absolute atomic E-state index is 11.9. The van der Waals surface area contributed by atoms with Crippen molar-refractivity contribution in [2.75, 3.05) is 12.4 Å². The molecule has 0 aliphatic carbocycles. The highest BCUT2D eigenvalue weighted by atomic mass is 32.2. The van der Waals surface area contributed by atoms with Gasteiger partial charge < -0.3 is 15.2 Å². The minimum atomic E-state index is -0.737. The number of H-pyrrole nitrogens is 1. The van der Waals surface area contributed by atoms with E-state index in [-0.39, 0.29) is 12.2 Å². The molecule has 1 heterocycles. The second-order valence-electron chi connectivity index (χ2n) is 4.34. The molecular formula is C13H16N2O3S. The lowest BCUT2D eigenvalue weighted by Gasteiger charge is -2.07.